The summed E-state index contributed by atoms with van der Waals surface area (Å²) in [4.78, 5) is 4.15. The zero-order valence-corrected chi connectivity index (χ0v) is 10.4. The average Bonchev–Trinajstić information content (AvgIpc) is 2.82. The van der Waals surface area contributed by atoms with Crippen LogP contribution in [0, 0.1) is 5.82 Å². The standard InChI is InChI=1S/C11H11ClFN3S/c12-8-2-1-3-9(13)7(8)4-10(16-14)11-5-17-6-15-11/h1-3,5-6,10,16H,4,14H2. The summed E-state index contributed by atoms with van der Waals surface area (Å²) >= 11 is 7.43. The van der Waals surface area contributed by atoms with Gasteiger partial charge in [0.05, 0.1) is 17.2 Å². The van der Waals surface area contributed by atoms with Gasteiger partial charge in [-0.3, -0.25) is 11.3 Å². The molecule has 6 heteroatoms. The van der Waals surface area contributed by atoms with Gasteiger partial charge < -0.3 is 0 Å². The maximum atomic E-state index is 13.6. The molecule has 1 atom stereocenters. The third kappa shape index (κ3) is 2.81. The van der Waals surface area contributed by atoms with Gasteiger partial charge in [-0.15, -0.1) is 11.3 Å². The second kappa shape index (κ2) is 5.55. The van der Waals surface area contributed by atoms with Gasteiger partial charge in [0, 0.05) is 16.0 Å². The Balaban J connectivity index is 2.25. The number of halogens is 2. The number of aromatic nitrogens is 1. The van der Waals surface area contributed by atoms with Crippen LogP contribution in [-0.4, -0.2) is 4.98 Å². The van der Waals surface area contributed by atoms with E-state index in [0.29, 0.717) is 17.0 Å². The fourth-order valence-electron chi connectivity index (χ4n) is 1.57. The van der Waals surface area contributed by atoms with Gasteiger partial charge >= 0.3 is 0 Å². The smallest absolute Gasteiger partial charge is 0.127 e. The fraction of sp³-hybridized carbons (Fsp3) is 0.182. The second-order valence-corrected chi connectivity index (χ2v) is 4.66. The predicted molar refractivity (Wildman–Crippen MR) is 67.3 cm³/mol. The van der Waals surface area contributed by atoms with Crippen LogP contribution in [0.4, 0.5) is 4.39 Å². The normalized spacial score (nSPS) is 12.6. The fourth-order valence-corrected chi connectivity index (χ4v) is 2.42. The van der Waals surface area contributed by atoms with Crippen LogP contribution in [0.25, 0.3) is 0 Å². The van der Waals surface area contributed by atoms with E-state index < -0.39 is 0 Å². The number of rotatable bonds is 4. The zero-order chi connectivity index (χ0) is 12.3. The number of benzene rings is 1. The maximum absolute atomic E-state index is 13.6. The minimum atomic E-state index is -0.326. The summed E-state index contributed by atoms with van der Waals surface area (Å²) in [5.74, 6) is 5.14. The number of hydrogen-bond donors (Lipinski definition) is 2. The van der Waals surface area contributed by atoms with E-state index in [1.165, 1.54) is 17.4 Å². The van der Waals surface area contributed by atoms with Gasteiger partial charge in [0.1, 0.15) is 5.82 Å². The Kier molecular flexibility index (Phi) is 4.06. The van der Waals surface area contributed by atoms with E-state index in [9.17, 15) is 4.39 Å². The molecule has 0 spiro atoms. The van der Waals surface area contributed by atoms with E-state index in [2.05, 4.69) is 10.4 Å². The summed E-state index contributed by atoms with van der Waals surface area (Å²) in [6.45, 7) is 0. The molecule has 1 unspecified atom stereocenters. The van der Waals surface area contributed by atoms with Gasteiger partial charge in [-0.05, 0) is 18.6 Å². The SMILES string of the molecule is NNC(Cc1c(F)cccc1Cl)c1cscn1. The molecule has 1 aromatic heterocycles. The van der Waals surface area contributed by atoms with Crippen LogP contribution < -0.4 is 11.3 Å². The number of thiazole rings is 1. The summed E-state index contributed by atoms with van der Waals surface area (Å²) < 4.78 is 13.6. The van der Waals surface area contributed by atoms with Crippen molar-refractivity contribution in [2.75, 3.05) is 0 Å². The van der Waals surface area contributed by atoms with E-state index in [4.69, 9.17) is 17.4 Å². The van der Waals surface area contributed by atoms with Crippen LogP contribution in [0.3, 0.4) is 0 Å². The molecule has 0 fully saturated rings. The monoisotopic (exact) mass is 271 g/mol. The molecule has 2 rings (SSSR count). The molecule has 1 aromatic carbocycles. The molecular formula is C11H11ClFN3S. The first kappa shape index (κ1) is 12.4. The molecular weight excluding hydrogens is 261 g/mol. The number of nitrogens with one attached hydrogen (secondary N) is 1. The van der Waals surface area contributed by atoms with Gasteiger partial charge in [-0.2, -0.15) is 0 Å². The van der Waals surface area contributed by atoms with Crippen LogP contribution in [0.1, 0.15) is 17.3 Å². The Labute approximate surface area is 107 Å². The molecule has 0 aliphatic carbocycles. The lowest BCUT2D eigenvalue weighted by Crippen LogP contribution is -2.30. The Morgan fingerprint density at radius 3 is 2.94 bits per heavy atom. The van der Waals surface area contributed by atoms with Crippen molar-refractivity contribution in [1.29, 1.82) is 0 Å². The van der Waals surface area contributed by atoms with Crippen LogP contribution in [0.15, 0.2) is 29.1 Å². The lowest BCUT2D eigenvalue weighted by atomic mass is 10.0. The summed E-state index contributed by atoms with van der Waals surface area (Å²) in [7, 11) is 0. The Hall–Kier alpha value is -1.01. The van der Waals surface area contributed by atoms with Gasteiger partial charge in [0.2, 0.25) is 0 Å². The number of nitrogens with two attached hydrogens (primary N) is 1. The molecule has 1 heterocycles. The highest BCUT2D eigenvalue weighted by atomic mass is 35.5. The highest BCUT2D eigenvalue weighted by molar-refractivity contribution is 7.07. The highest BCUT2D eigenvalue weighted by Crippen LogP contribution is 2.25. The highest BCUT2D eigenvalue weighted by Gasteiger charge is 2.16. The molecule has 0 aliphatic rings. The quantitative estimate of drug-likeness (QED) is 0.664. The van der Waals surface area contributed by atoms with Crippen molar-refractivity contribution < 1.29 is 4.39 Å². The van der Waals surface area contributed by atoms with Crippen molar-refractivity contribution in [3.8, 4) is 0 Å². The summed E-state index contributed by atoms with van der Waals surface area (Å²) in [5.41, 5.74) is 5.58. The first-order chi connectivity index (χ1) is 8.22. The van der Waals surface area contributed by atoms with E-state index >= 15 is 0 Å². The lowest BCUT2D eigenvalue weighted by Gasteiger charge is -2.15. The van der Waals surface area contributed by atoms with Gasteiger partial charge in [0.25, 0.3) is 0 Å². The minimum absolute atomic E-state index is 0.240. The van der Waals surface area contributed by atoms with Crippen molar-refractivity contribution in [3.63, 3.8) is 0 Å². The average molecular weight is 272 g/mol. The van der Waals surface area contributed by atoms with Crippen molar-refractivity contribution in [3.05, 3.63) is 51.2 Å². The number of hydrazine groups is 1. The van der Waals surface area contributed by atoms with Gasteiger partial charge in [-0.1, -0.05) is 17.7 Å². The van der Waals surface area contributed by atoms with Gasteiger partial charge in [-0.25, -0.2) is 9.37 Å². The minimum Gasteiger partial charge on any atom is -0.271 e. The Morgan fingerprint density at radius 2 is 2.35 bits per heavy atom. The van der Waals surface area contributed by atoms with Crippen LogP contribution in [0.5, 0.6) is 0 Å². The molecule has 0 saturated heterocycles. The largest absolute Gasteiger partial charge is 0.271 e. The Bertz CT molecular complexity index is 469. The molecule has 0 bridgehead atoms. The van der Waals surface area contributed by atoms with Crippen molar-refractivity contribution in [2.45, 2.75) is 12.5 Å². The van der Waals surface area contributed by atoms with Crippen molar-refractivity contribution >= 4 is 22.9 Å². The summed E-state index contributed by atoms with van der Waals surface area (Å²) in [6, 6.07) is 4.38. The van der Waals surface area contributed by atoms with Crippen LogP contribution >= 0.6 is 22.9 Å². The molecule has 0 radical (unpaired) electrons. The molecule has 0 aliphatic heterocycles. The Morgan fingerprint density at radius 1 is 1.53 bits per heavy atom. The van der Waals surface area contributed by atoms with E-state index in [1.807, 2.05) is 5.38 Å². The molecule has 3 nitrogen and oxygen atoms in total. The predicted octanol–water partition coefficient (Wildman–Crippen LogP) is 2.68. The van der Waals surface area contributed by atoms with Crippen LogP contribution in [0.2, 0.25) is 5.02 Å². The maximum Gasteiger partial charge on any atom is 0.127 e. The molecule has 3 N–H and O–H groups in total. The second-order valence-electron chi connectivity index (χ2n) is 3.54. The lowest BCUT2D eigenvalue weighted by molar-refractivity contribution is 0.521. The third-order valence-corrected chi connectivity index (χ3v) is 3.44. The summed E-state index contributed by atoms with van der Waals surface area (Å²) in [6.07, 6.45) is 0.367. The third-order valence-electron chi connectivity index (χ3n) is 2.48. The molecule has 17 heavy (non-hydrogen) atoms. The van der Waals surface area contributed by atoms with E-state index in [1.54, 1.807) is 17.6 Å². The van der Waals surface area contributed by atoms with E-state index in [-0.39, 0.29) is 11.9 Å². The zero-order valence-electron chi connectivity index (χ0n) is 8.86. The molecule has 90 valence electrons. The first-order valence-corrected chi connectivity index (χ1v) is 6.31. The first-order valence-electron chi connectivity index (χ1n) is 4.99. The topological polar surface area (TPSA) is 50.9 Å². The number of hydrogen-bond acceptors (Lipinski definition) is 4. The molecule has 0 saturated carbocycles. The van der Waals surface area contributed by atoms with Gasteiger partial charge in [0.15, 0.2) is 0 Å². The number of nitrogens with zero attached hydrogens (tertiary/aromatic N) is 1. The van der Waals surface area contributed by atoms with E-state index in [0.717, 1.165) is 5.69 Å². The molecule has 0 amide bonds. The van der Waals surface area contributed by atoms with Crippen molar-refractivity contribution in [2.24, 2.45) is 5.84 Å². The molecule has 2 aromatic rings. The van der Waals surface area contributed by atoms with Crippen LogP contribution in [-0.2, 0) is 6.42 Å². The summed E-state index contributed by atoms with van der Waals surface area (Å²) in [5, 5.41) is 2.28. The van der Waals surface area contributed by atoms with Crippen molar-refractivity contribution in [1.82, 2.24) is 10.4 Å².